The van der Waals surface area contributed by atoms with Crippen LogP contribution in [0.4, 0.5) is 0 Å². The molecular weight excluding hydrogens is 454 g/mol. The van der Waals surface area contributed by atoms with Crippen LogP contribution in [0.2, 0.25) is 0 Å². The second-order valence-electron chi connectivity index (χ2n) is 4.33. The van der Waals surface area contributed by atoms with E-state index < -0.39 is 0 Å². The van der Waals surface area contributed by atoms with Gasteiger partial charge < -0.3 is 0 Å². The molecule has 0 bridgehead atoms. The van der Waals surface area contributed by atoms with Gasteiger partial charge in [0.2, 0.25) is 0 Å². The van der Waals surface area contributed by atoms with E-state index in [0.29, 0.717) is 11.1 Å². The van der Waals surface area contributed by atoms with E-state index in [1.165, 1.54) is 0 Å². The average Bonchev–Trinajstić information content (AvgIpc) is 2.38. The van der Waals surface area contributed by atoms with E-state index in [4.69, 9.17) is 0 Å². The Morgan fingerprint density at radius 2 is 1.17 bits per heavy atom. The van der Waals surface area contributed by atoms with Crippen LogP contribution in [0.1, 0.15) is 20.7 Å². The molecule has 2 nitrogen and oxygen atoms in total. The van der Waals surface area contributed by atoms with Crippen molar-refractivity contribution >= 4 is 56.7 Å². The first kappa shape index (κ1) is 12.5. The number of hydrogen-bond acceptors (Lipinski definition) is 2. The van der Waals surface area contributed by atoms with E-state index in [1.54, 1.807) is 12.1 Å². The van der Waals surface area contributed by atoms with Gasteiger partial charge in [0.1, 0.15) is 0 Å². The lowest BCUT2D eigenvalue weighted by molar-refractivity contribution is 0.0799. The average molecular weight is 462 g/mol. The van der Waals surface area contributed by atoms with Gasteiger partial charge in [0.15, 0.2) is 11.6 Å². The topological polar surface area (TPSA) is 34.1 Å². The molecule has 1 aromatic carbocycles. The Kier molecular flexibility index (Phi) is 3.17. The number of hydrogen-bond donors (Lipinski definition) is 0. The van der Waals surface area contributed by atoms with E-state index in [1.807, 2.05) is 24.3 Å². The van der Waals surface area contributed by atoms with E-state index in [2.05, 4.69) is 45.2 Å². The van der Waals surface area contributed by atoms with Crippen molar-refractivity contribution in [1.82, 2.24) is 0 Å². The number of allylic oxidation sites excluding steroid dienone is 4. The molecule has 0 fully saturated rings. The molecule has 0 spiro atoms. The van der Waals surface area contributed by atoms with Crippen LogP contribution in [0, 0.1) is 11.8 Å². The Bertz CT molecular complexity index is 573. The molecule has 2 atom stereocenters. The van der Waals surface area contributed by atoms with Crippen LogP contribution in [0.3, 0.4) is 0 Å². The molecule has 0 N–H and O–H groups in total. The zero-order valence-corrected chi connectivity index (χ0v) is 13.5. The van der Waals surface area contributed by atoms with Crippen molar-refractivity contribution in [3.63, 3.8) is 0 Å². The molecule has 1 aromatic rings. The van der Waals surface area contributed by atoms with Crippen LogP contribution in [-0.4, -0.2) is 11.6 Å². The van der Waals surface area contributed by atoms with Crippen molar-refractivity contribution in [2.24, 2.45) is 11.8 Å². The molecule has 2 aliphatic carbocycles. The summed E-state index contributed by atoms with van der Waals surface area (Å²) in [5.74, 6) is -0.494. The van der Waals surface area contributed by atoms with Gasteiger partial charge in [0.05, 0.1) is 11.8 Å². The number of fused-ring (bicyclic) bond motifs is 2. The number of rotatable bonds is 0. The zero-order valence-electron chi connectivity index (χ0n) is 9.19. The van der Waals surface area contributed by atoms with Crippen molar-refractivity contribution in [1.29, 1.82) is 0 Å². The first-order chi connectivity index (χ1) is 8.61. The molecule has 0 aliphatic heterocycles. The Hall–Kier alpha value is -0.500. The summed E-state index contributed by atoms with van der Waals surface area (Å²) in [5.41, 5.74) is 1.13. The van der Waals surface area contributed by atoms with E-state index >= 15 is 0 Å². The summed E-state index contributed by atoms with van der Waals surface area (Å²) >= 11 is 4.33. The van der Waals surface area contributed by atoms with Gasteiger partial charge in [-0.15, -0.1) is 0 Å². The number of carbonyl (C=O) groups is 2. The SMILES string of the molecule is O=C1c2ccccc2C(=O)C2C(I)=CC=C(I)C12. The maximum absolute atomic E-state index is 12.5. The van der Waals surface area contributed by atoms with Gasteiger partial charge in [-0.05, 0) is 45.2 Å². The molecule has 18 heavy (non-hydrogen) atoms. The van der Waals surface area contributed by atoms with Gasteiger partial charge in [-0.25, -0.2) is 0 Å². The summed E-state index contributed by atoms with van der Waals surface area (Å²) in [5, 5.41) is 0. The summed E-state index contributed by atoms with van der Waals surface area (Å²) in [6.45, 7) is 0. The highest BCUT2D eigenvalue weighted by atomic mass is 127. The Labute approximate surface area is 132 Å². The number of halogens is 2. The Balaban J connectivity index is 2.24. The van der Waals surface area contributed by atoms with Crippen LogP contribution in [0.5, 0.6) is 0 Å². The molecule has 0 amide bonds. The largest absolute Gasteiger partial charge is 0.293 e. The van der Waals surface area contributed by atoms with Gasteiger partial charge >= 0.3 is 0 Å². The maximum Gasteiger partial charge on any atom is 0.172 e. The molecule has 3 rings (SSSR count). The van der Waals surface area contributed by atoms with Crippen molar-refractivity contribution in [2.75, 3.05) is 0 Å². The summed E-state index contributed by atoms with van der Waals surface area (Å²) in [4.78, 5) is 25.0. The van der Waals surface area contributed by atoms with Crippen molar-refractivity contribution < 1.29 is 9.59 Å². The first-order valence-electron chi connectivity index (χ1n) is 5.51. The number of benzene rings is 1. The summed E-state index contributed by atoms with van der Waals surface area (Å²) < 4.78 is 1.90. The van der Waals surface area contributed by atoms with Gasteiger partial charge in [-0.3, -0.25) is 9.59 Å². The fourth-order valence-corrected chi connectivity index (χ4v) is 4.13. The highest BCUT2D eigenvalue weighted by Crippen LogP contribution is 2.44. The predicted octanol–water partition coefficient (Wildman–Crippen LogP) is 3.95. The molecule has 2 unspecified atom stereocenters. The molecule has 2 aliphatic rings. The molecule has 0 saturated heterocycles. The smallest absolute Gasteiger partial charge is 0.172 e. The maximum atomic E-state index is 12.5. The summed E-state index contributed by atoms with van der Waals surface area (Å²) in [7, 11) is 0. The second-order valence-corrected chi connectivity index (χ2v) is 6.82. The van der Waals surface area contributed by atoms with Gasteiger partial charge in [0, 0.05) is 18.3 Å². The van der Waals surface area contributed by atoms with E-state index in [-0.39, 0.29) is 23.4 Å². The van der Waals surface area contributed by atoms with Gasteiger partial charge in [-0.2, -0.15) is 0 Å². The monoisotopic (exact) mass is 462 g/mol. The number of ketones is 2. The normalized spacial score (nSPS) is 26.1. The summed E-state index contributed by atoms with van der Waals surface area (Å²) in [6.07, 6.45) is 3.87. The fourth-order valence-electron chi connectivity index (χ4n) is 2.49. The van der Waals surface area contributed by atoms with Gasteiger partial charge in [0.25, 0.3) is 0 Å². The third kappa shape index (κ3) is 1.72. The third-order valence-corrected chi connectivity index (χ3v) is 5.41. The molecule has 0 aromatic heterocycles. The molecule has 0 saturated carbocycles. The van der Waals surface area contributed by atoms with Crippen LogP contribution in [-0.2, 0) is 0 Å². The predicted molar refractivity (Wildman–Crippen MR) is 86.3 cm³/mol. The van der Waals surface area contributed by atoms with E-state index in [0.717, 1.165) is 7.16 Å². The first-order valence-corrected chi connectivity index (χ1v) is 7.67. The summed E-state index contributed by atoms with van der Waals surface area (Å²) in [6, 6.07) is 7.12. The molecule has 4 heteroatoms. The lowest BCUT2D eigenvalue weighted by Crippen LogP contribution is -2.38. The van der Waals surface area contributed by atoms with Gasteiger partial charge in [-0.1, -0.05) is 36.4 Å². The standard InChI is InChI=1S/C14H8I2O2/c15-9-5-6-10(16)12-11(9)13(17)7-3-1-2-4-8(7)14(12)18/h1-6,11-12H. The minimum Gasteiger partial charge on any atom is -0.293 e. The lowest BCUT2D eigenvalue weighted by Gasteiger charge is -2.32. The van der Waals surface area contributed by atoms with Crippen LogP contribution >= 0.6 is 45.2 Å². The number of carbonyl (C=O) groups excluding carboxylic acids is 2. The molecule has 0 heterocycles. The molecule has 90 valence electrons. The third-order valence-electron chi connectivity index (χ3n) is 3.35. The highest BCUT2D eigenvalue weighted by molar-refractivity contribution is 14.1. The number of Topliss-reactive ketones (excluding diaryl/α,β-unsaturated/α-hetero) is 2. The minimum absolute atomic E-state index is 0.0677. The fraction of sp³-hybridized carbons (Fsp3) is 0.143. The highest BCUT2D eigenvalue weighted by Gasteiger charge is 2.44. The second kappa shape index (κ2) is 4.56. The van der Waals surface area contributed by atoms with Crippen LogP contribution < -0.4 is 0 Å². The minimum atomic E-state index is -0.315. The lowest BCUT2D eigenvalue weighted by atomic mass is 9.72. The Morgan fingerprint density at radius 3 is 1.56 bits per heavy atom. The van der Waals surface area contributed by atoms with Crippen molar-refractivity contribution in [3.05, 3.63) is 54.7 Å². The van der Waals surface area contributed by atoms with Crippen LogP contribution in [0.25, 0.3) is 0 Å². The van der Waals surface area contributed by atoms with E-state index in [9.17, 15) is 9.59 Å². The quantitative estimate of drug-likeness (QED) is 0.548. The molecule has 0 radical (unpaired) electrons. The Morgan fingerprint density at radius 1 is 0.778 bits per heavy atom. The van der Waals surface area contributed by atoms with Crippen molar-refractivity contribution in [2.45, 2.75) is 0 Å². The van der Waals surface area contributed by atoms with Crippen molar-refractivity contribution in [3.8, 4) is 0 Å². The zero-order chi connectivity index (χ0) is 12.9. The molecular formula is C14H8I2O2. The van der Waals surface area contributed by atoms with Crippen LogP contribution in [0.15, 0.2) is 43.6 Å².